The minimum atomic E-state index is 0.117. The smallest absolute Gasteiger partial charge is 0.234 e. The molecule has 0 bridgehead atoms. The molecule has 128 valence electrons. The molecule has 1 saturated heterocycles. The van der Waals surface area contributed by atoms with E-state index in [1.165, 1.54) is 5.56 Å². The lowest BCUT2D eigenvalue weighted by Crippen LogP contribution is -2.37. The van der Waals surface area contributed by atoms with Gasteiger partial charge in [-0.1, -0.05) is 19.4 Å². The summed E-state index contributed by atoms with van der Waals surface area (Å²) in [5.41, 5.74) is 1.18. The maximum atomic E-state index is 12.1. The van der Waals surface area contributed by atoms with Crippen molar-refractivity contribution in [3.8, 4) is 11.5 Å². The molecule has 1 amide bonds. The molecular weight excluding hydrogens is 292 g/mol. The van der Waals surface area contributed by atoms with Crippen molar-refractivity contribution >= 4 is 5.91 Å². The number of hydrogen-bond donors (Lipinski definition) is 1. The van der Waals surface area contributed by atoms with E-state index in [1.54, 1.807) is 14.2 Å². The Morgan fingerprint density at radius 1 is 1.30 bits per heavy atom. The van der Waals surface area contributed by atoms with E-state index in [9.17, 15) is 4.79 Å². The highest BCUT2D eigenvalue weighted by molar-refractivity contribution is 5.78. The predicted molar refractivity (Wildman–Crippen MR) is 91.0 cm³/mol. The van der Waals surface area contributed by atoms with Crippen LogP contribution in [-0.4, -0.2) is 44.7 Å². The van der Waals surface area contributed by atoms with Crippen molar-refractivity contribution in [1.82, 2.24) is 10.2 Å². The maximum absolute atomic E-state index is 12.1. The number of carbonyl (C=O) groups excluding carboxylic acids is 1. The van der Waals surface area contributed by atoms with Crippen molar-refractivity contribution in [1.29, 1.82) is 0 Å². The minimum absolute atomic E-state index is 0.117. The lowest BCUT2D eigenvalue weighted by molar-refractivity contribution is -0.122. The molecule has 5 nitrogen and oxygen atoms in total. The highest BCUT2D eigenvalue weighted by Crippen LogP contribution is 2.36. The molecular formula is C18H28N2O3. The van der Waals surface area contributed by atoms with Gasteiger partial charge in [0.05, 0.1) is 20.8 Å². The number of nitrogens with one attached hydrogen (secondary N) is 1. The summed E-state index contributed by atoms with van der Waals surface area (Å²) in [5, 5.41) is 3.00. The first-order valence-corrected chi connectivity index (χ1v) is 8.42. The normalized spacial score (nSPS) is 18.0. The largest absolute Gasteiger partial charge is 0.493 e. The third kappa shape index (κ3) is 4.61. The molecule has 2 rings (SSSR count). The van der Waals surface area contributed by atoms with E-state index in [-0.39, 0.29) is 11.9 Å². The van der Waals surface area contributed by atoms with Crippen LogP contribution in [0.1, 0.15) is 44.2 Å². The van der Waals surface area contributed by atoms with E-state index in [4.69, 9.17) is 9.47 Å². The number of carbonyl (C=O) groups is 1. The van der Waals surface area contributed by atoms with Crippen molar-refractivity contribution in [2.75, 3.05) is 33.9 Å². The predicted octanol–water partition coefficient (Wildman–Crippen LogP) is 2.76. The lowest BCUT2D eigenvalue weighted by Gasteiger charge is -2.25. The molecule has 0 spiro atoms. The molecule has 1 aromatic carbocycles. The number of unbranched alkanes of at least 4 members (excludes halogenated alkanes) is 1. The van der Waals surface area contributed by atoms with E-state index in [1.807, 2.05) is 12.1 Å². The summed E-state index contributed by atoms with van der Waals surface area (Å²) >= 11 is 0. The van der Waals surface area contributed by atoms with Gasteiger partial charge in [0, 0.05) is 12.6 Å². The Balaban J connectivity index is 2.02. The van der Waals surface area contributed by atoms with E-state index >= 15 is 0 Å². The zero-order valence-corrected chi connectivity index (χ0v) is 14.4. The van der Waals surface area contributed by atoms with Crippen LogP contribution in [0.5, 0.6) is 11.5 Å². The number of likely N-dealkylation sites (tertiary alicyclic amines) is 1. The third-order valence-electron chi connectivity index (χ3n) is 4.36. The number of nitrogens with zero attached hydrogens (tertiary/aromatic N) is 1. The molecule has 1 aliphatic heterocycles. The SMILES string of the molecule is CCCCNC(=O)CN1CCCC1c1ccc(OC)c(OC)c1. The quantitative estimate of drug-likeness (QED) is 0.748. The molecule has 1 aliphatic rings. The van der Waals surface area contributed by atoms with Gasteiger partial charge in [-0.05, 0) is 43.5 Å². The zero-order valence-electron chi connectivity index (χ0n) is 14.4. The Bertz CT molecular complexity index is 519. The van der Waals surface area contributed by atoms with E-state index < -0.39 is 0 Å². The maximum Gasteiger partial charge on any atom is 0.234 e. The molecule has 23 heavy (non-hydrogen) atoms. The van der Waals surface area contributed by atoms with Crippen LogP contribution in [0.3, 0.4) is 0 Å². The first-order chi connectivity index (χ1) is 11.2. The van der Waals surface area contributed by atoms with Crippen molar-refractivity contribution in [3.05, 3.63) is 23.8 Å². The van der Waals surface area contributed by atoms with E-state index in [0.717, 1.165) is 50.3 Å². The Morgan fingerprint density at radius 3 is 2.78 bits per heavy atom. The van der Waals surface area contributed by atoms with Crippen LogP contribution in [0, 0.1) is 0 Å². The second-order valence-corrected chi connectivity index (χ2v) is 5.95. The standard InChI is InChI=1S/C18H28N2O3/c1-4-5-10-19-18(21)13-20-11-6-7-15(20)14-8-9-16(22-2)17(12-14)23-3/h8-9,12,15H,4-7,10-11,13H2,1-3H3,(H,19,21). The van der Waals surface area contributed by atoms with Gasteiger partial charge in [-0.15, -0.1) is 0 Å². The molecule has 1 N–H and O–H groups in total. The van der Waals surface area contributed by atoms with Crippen molar-refractivity contribution < 1.29 is 14.3 Å². The molecule has 0 aliphatic carbocycles. The van der Waals surface area contributed by atoms with E-state index in [0.29, 0.717) is 6.54 Å². The Labute approximate surface area is 139 Å². The van der Waals surface area contributed by atoms with Crippen molar-refractivity contribution in [2.24, 2.45) is 0 Å². The summed E-state index contributed by atoms with van der Waals surface area (Å²) in [7, 11) is 3.29. The average molecular weight is 320 g/mol. The van der Waals surface area contributed by atoms with Crippen LogP contribution >= 0.6 is 0 Å². The Kier molecular flexibility index (Phi) is 6.71. The van der Waals surface area contributed by atoms with Crippen LogP contribution in [-0.2, 0) is 4.79 Å². The second-order valence-electron chi connectivity index (χ2n) is 5.95. The fraction of sp³-hybridized carbons (Fsp3) is 0.611. The van der Waals surface area contributed by atoms with Crippen LogP contribution in [0.25, 0.3) is 0 Å². The van der Waals surface area contributed by atoms with Gasteiger partial charge in [0.25, 0.3) is 0 Å². The fourth-order valence-corrected chi connectivity index (χ4v) is 3.10. The van der Waals surface area contributed by atoms with Crippen molar-refractivity contribution in [3.63, 3.8) is 0 Å². The minimum Gasteiger partial charge on any atom is -0.493 e. The molecule has 5 heteroatoms. The number of hydrogen-bond acceptors (Lipinski definition) is 4. The summed E-state index contributed by atoms with van der Waals surface area (Å²) < 4.78 is 10.7. The molecule has 0 aromatic heterocycles. The van der Waals surface area contributed by atoms with Crippen LogP contribution in [0.4, 0.5) is 0 Å². The summed E-state index contributed by atoms with van der Waals surface area (Å²) in [5.74, 6) is 1.59. The number of rotatable bonds is 8. The van der Waals surface area contributed by atoms with Gasteiger partial charge in [-0.25, -0.2) is 0 Å². The van der Waals surface area contributed by atoms with Gasteiger partial charge >= 0.3 is 0 Å². The first kappa shape index (κ1) is 17.6. The molecule has 0 saturated carbocycles. The second kappa shape index (κ2) is 8.77. The van der Waals surface area contributed by atoms with Gasteiger partial charge in [0.1, 0.15) is 0 Å². The molecule has 1 unspecified atom stereocenters. The zero-order chi connectivity index (χ0) is 16.7. The molecule has 1 heterocycles. The van der Waals surface area contributed by atoms with Gasteiger partial charge in [0.15, 0.2) is 11.5 Å². The molecule has 0 radical (unpaired) electrons. The molecule has 1 aromatic rings. The Hall–Kier alpha value is -1.75. The molecule has 1 atom stereocenters. The number of benzene rings is 1. The lowest BCUT2D eigenvalue weighted by atomic mass is 10.0. The topological polar surface area (TPSA) is 50.8 Å². The van der Waals surface area contributed by atoms with Crippen molar-refractivity contribution in [2.45, 2.75) is 38.6 Å². The average Bonchev–Trinajstić information content (AvgIpc) is 3.02. The fourth-order valence-electron chi connectivity index (χ4n) is 3.10. The van der Waals surface area contributed by atoms with Gasteiger partial charge < -0.3 is 14.8 Å². The highest BCUT2D eigenvalue weighted by Gasteiger charge is 2.28. The summed E-state index contributed by atoms with van der Waals surface area (Å²) in [4.78, 5) is 14.3. The number of methoxy groups -OCH3 is 2. The first-order valence-electron chi connectivity index (χ1n) is 8.42. The summed E-state index contributed by atoms with van der Waals surface area (Å²) in [6.07, 6.45) is 4.31. The van der Waals surface area contributed by atoms with Gasteiger partial charge in [-0.2, -0.15) is 0 Å². The van der Waals surface area contributed by atoms with Crippen LogP contribution < -0.4 is 14.8 Å². The molecule has 1 fully saturated rings. The van der Waals surface area contributed by atoms with Crippen LogP contribution in [0.2, 0.25) is 0 Å². The van der Waals surface area contributed by atoms with Gasteiger partial charge in [-0.3, -0.25) is 9.69 Å². The third-order valence-corrected chi connectivity index (χ3v) is 4.36. The summed E-state index contributed by atoms with van der Waals surface area (Å²) in [6, 6.07) is 6.30. The monoisotopic (exact) mass is 320 g/mol. The number of ether oxygens (including phenoxy) is 2. The van der Waals surface area contributed by atoms with E-state index in [2.05, 4.69) is 23.2 Å². The Morgan fingerprint density at radius 2 is 2.09 bits per heavy atom. The summed E-state index contributed by atoms with van der Waals surface area (Å²) in [6.45, 7) is 4.31. The van der Waals surface area contributed by atoms with Crippen LogP contribution in [0.15, 0.2) is 18.2 Å². The number of amides is 1. The highest BCUT2D eigenvalue weighted by atomic mass is 16.5. The van der Waals surface area contributed by atoms with Gasteiger partial charge in [0.2, 0.25) is 5.91 Å².